The van der Waals surface area contributed by atoms with E-state index < -0.39 is 5.60 Å². The van der Waals surface area contributed by atoms with Crippen LogP contribution in [0.15, 0.2) is 17.2 Å². The average Bonchev–Trinajstić information content (AvgIpc) is 2.92. The molecule has 0 aromatic carbocycles. The van der Waals surface area contributed by atoms with Crippen LogP contribution in [0.1, 0.15) is 52.1 Å². The third-order valence-corrected chi connectivity index (χ3v) is 5.87. The molecular formula is C21H28N4O4S. The summed E-state index contributed by atoms with van der Waals surface area (Å²) in [4.78, 5) is 48.3. The number of hydrogen-bond donors (Lipinski definition) is 0. The summed E-state index contributed by atoms with van der Waals surface area (Å²) in [5, 5.41) is -0.288. The molecule has 0 saturated carbocycles. The third kappa shape index (κ3) is 5.81. The first-order chi connectivity index (χ1) is 14.1. The molecule has 2 aliphatic heterocycles. The van der Waals surface area contributed by atoms with E-state index in [2.05, 4.69) is 14.9 Å². The summed E-state index contributed by atoms with van der Waals surface area (Å²) in [6, 6.07) is 1.72. The van der Waals surface area contributed by atoms with Crippen molar-refractivity contribution in [1.29, 1.82) is 0 Å². The second-order valence-corrected chi connectivity index (χ2v) is 9.59. The molecule has 162 valence electrons. The van der Waals surface area contributed by atoms with Gasteiger partial charge in [-0.25, -0.2) is 9.97 Å². The van der Waals surface area contributed by atoms with Crippen LogP contribution in [0.4, 0.5) is 10.7 Å². The standard InChI is InChI=1S/C21H28N4O4S/c1-21(2,3)29-17(26)8-7-14-6-5-11-25(13-14)19-22-10-9-15(23-19)12-16-18(27)24(4)20(28)30-16/h9-10,12,14H,5-8,11,13H2,1-4H3. The number of aromatic nitrogens is 2. The van der Waals surface area contributed by atoms with Gasteiger partial charge in [0.25, 0.3) is 11.1 Å². The Morgan fingerprint density at radius 1 is 1.37 bits per heavy atom. The first-order valence-corrected chi connectivity index (χ1v) is 11.0. The first-order valence-electron chi connectivity index (χ1n) is 10.1. The smallest absolute Gasteiger partial charge is 0.306 e. The summed E-state index contributed by atoms with van der Waals surface area (Å²) in [6.45, 7) is 7.24. The van der Waals surface area contributed by atoms with E-state index in [1.165, 1.54) is 7.05 Å². The highest BCUT2D eigenvalue weighted by atomic mass is 32.2. The number of ether oxygens (including phenoxy) is 1. The normalized spacial score (nSPS) is 21.5. The molecule has 1 unspecified atom stereocenters. The number of carbonyl (C=O) groups excluding carboxylic acids is 3. The van der Waals surface area contributed by atoms with Gasteiger partial charge < -0.3 is 9.64 Å². The zero-order valence-electron chi connectivity index (χ0n) is 17.9. The molecule has 2 aliphatic rings. The van der Waals surface area contributed by atoms with Crippen molar-refractivity contribution in [3.8, 4) is 0 Å². The Kier molecular flexibility index (Phi) is 6.80. The van der Waals surface area contributed by atoms with Crippen LogP contribution in [0.25, 0.3) is 6.08 Å². The van der Waals surface area contributed by atoms with Crippen molar-refractivity contribution in [2.45, 2.75) is 52.1 Å². The van der Waals surface area contributed by atoms with E-state index in [-0.39, 0.29) is 17.1 Å². The molecule has 1 aromatic rings. The Morgan fingerprint density at radius 2 is 2.13 bits per heavy atom. The van der Waals surface area contributed by atoms with Gasteiger partial charge in [0.1, 0.15) is 5.60 Å². The zero-order chi connectivity index (χ0) is 21.9. The second kappa shape index (κ2) is 9.16. The highest BCUT2D eigenvalue weighted by Gasteiger charge is 2.32. The van der Waals surface area contributed by atoms with Crippen LogP contribution in [0.2, 0.25) is 0 Å². The predicted octanol–water partition coefficient (Wildman–Crippen LogP) is 3.48. The Hall–Kier alpha value is -2.42. The molecule has 2 amide bonds. The van der Waals surface area contributed by atoms with Gasteiger partial charge in [0.05, 0.1) is 10.6 Å². The maximum atomic E-state index is 12.1. The molecule has 0 bridgehead atoms. The van der Waals surface area contributed by atoms with Crippen LogP contribution in [0.5, 0.6) is 0 Å². The van der Waals surface area contributed by atoms with Crippen molar-refractivity contribution >= 4 is 40.9 Å². The molecule has 0 spiro atoms. The number of carbonyl (C=O) groups is 3. The Morgan fingerprint density at radius 3 is 2.80 bits per heavy atom. The van der Waals surface area contributed by atoms with Gasteiger partial charge in [0.15, 0.2) is 0 Å². The highest BCUT2D eigenvalue weighted by Crippen LogP contribution is 2.31. The van der Waals surface area contributed by atoms with Crippen molar-refractivity contribution in [2.75, 3.05) is 25.0 Å². The number of thioether (sulfide) groups is 1. The van der Waals surface area contributed by atoms with Crippen molar-refractivity contribution in [1.82, 2.24) is 14.9 Å². The molecule has 30 heavy (non-hydrogen) atoms. The molecule has 3 heterocycles. The number of imide groups is 1. The Balaban J connectivity index is 1.62. The number of nitrogens with zero attached hydrogens (tertiary/aromatic N) is 4. The molecule has 2 saturated heterocycles. The number of amides is 2. The van der Waals surface area contributed by atoms with Crippen LogP contribution in [0, 0.1) is 5.92 Å². The van der Waals surface area contributed by atoms with Crippen LogP contribution in [0.3, 0.4) is 0 Å². The fourth-order valence-electron chi connectivity index (χ4n) is 3.47. The van der Waals surface area contributed by atoms with E-state index in [1.807, 2.05) is 20.8 Å². The highest BCUT2D eigenvalue weighted by molar-refractivity contribution is 8.18. The van der Waals surface area contributed by atoms with Crippen molar-refractivity contribution in [2.24, 2.45) is 5.92 Å². The van der Waals surface area contributed by atoms with Gasteiger partial charge in [-0.15, -0.1) is 0 Å². The number of likely N-dealkylation sites (N-methyl/N-ethyl adjacent to an activating group) is 1. The van der Waals surface area contributed by atoms with Crippen LogP contribution in [-0.4, -0.2) is 57.7 Å². The SMILES string of the molecule is CN1C(=O)SC(=Cc2ccnc(N3CCCC(CCC(=O)OC(C)(C)C)C3)n2)C1=O. The Bertz CT molecular complexity index is 865. The monoisotopic (exact) mass is 432 g/mol. The summed E-state index contributed by atoms with van der Waals surface area (Å²) in [6.07, 6.45) is 6.53. The molecule has 0 radical (unpaired) electrons. The lowest BCUT2D eigenvalue weighted by molar-refractivity contribution is -0.155. The molecule has 1 aromatic heterocycles. The van der Waals surface area contributed by atoms with E-state index in [0.717, 1.165) is 49.0 Å². The number of piperidine rings is 1. The van der Waals surface area contributed by atoms with Gasteiger partial charge in [-0.3, -0.25) is 19.3 Å². The number of rotatable bonds is 5. The minimum Gasteiger partial charge on any atom is -0.460 e. The lowest BCUT2D eigenvalue weighted by Gasteiger charge is -2.33. The van der Waals surface area contributed by atoms with Crippen molar-refractivity contribution in [3.05, 3.63) is 22.9 Å². The predicted molar refractivity (Wildman–Crippen MR) is 116 cm³/mol. The van der Waals surface area contributed by atoms with Gasteiger partial charge in [-0.1, -0.05) is 0 Å². The van der Waals surface area contributed by atoms with E-state index in [0.29, 0.717) is 28.9 Å². The maximum absolute atomic E-state index is 12.1. The van der Waals surface area contributed by atoms with Gasteiger partial charge >= 0.3 is 5.97 Å². The van der Waals surface area contributed by atoms with E-state index in [9.17, 15) is 14.4 Å². The van der Waals surface area contributed by atoms with Gasteiger partial charge in [-0.05, 0) is 69.9 Å². The van der Waals surface area contributed by atoms with Gasteiger partial charge in [0, 0.05) is 32.8 Å². The minimum absolute atomic E-state index is 0.164. The summed E-state index contributed by atoms with van der Waals surface area (Å²) >= 11 is 0.912. The van der Waals surface area contributed by atoms with E-state index >= 15 is 0 Å². The maximum Gasteiger partial charge on any atom is 0.306 e. The minimum atomic E-state index is -0.461. The topological polar surface area (TPSA) is 92.7 Å². The third-order valence-electron chi connectivity index (χ3n) is 4.91. The fourth-order valence-corrected chi connectivity index (χ4v) is 4.28. The molecular weight excluding hydrogens is 404 g/mol. The molecule has 9 heteroatoms. The van der Waals surface area contributed by atoms with Crippen LogP contribution in [-0.2, 0) is 14.3 Å². The number of hydrogen-bond acceptors (Lipinski definition) is 8. The molecule has 0 N–H and O–H groups in total. The summed E-state index contributed by atoms with van der Waals surface area (Å²) in [5.74, 6) is 0.490. The average molecular weight is 433 g/mol. The summed E-state index contributed by atoms with van der Waals surface area (Å²) < 4.78 is 5.40. The summed E-state index contributed by atoms with van der Waals surface area (Å²) in [5.41, 5.74) is 0.131. The molecule has 8 nitrogen and oxygen atoms in total. The number of anilines is 1. The van der Waals surface area contributed by atoms with Crippen LogP contribution < -0.4 is 4.90 Å². The van der Waals surface area contributed by atoms with Gasteiger partial charge in [0.2, 0.25) is 5.95 Å². The summed E-state index contributed by atoms with van der Waals surface area (Å²) in [7, 11) is 1.47. The lowest BCUT2D eigenvalue weighted by Crippen LogP contribution is -2.37. The molecule has 2 fully saturated rings. The number of esters is 1. The zero-order valence-corrected chi connectivity index (χ0v) is 18.7. The van der Waals surface area contributed by atoms with E-state index in [4.69, 9.17) is 4.74 Å². The largest absolute Gasteiger partial charge is 0.460 e. The molecule has 1 atom stereocenters. The first kappa shape index (κ1) is 22.3. The quantitative estimate of drug-likeness (QED) is 0.516. The second-order valence-electron chi connectivity index (χ2n) is 8.60. The lowest BCUT2D eigenvalue weighted by atomic mass is 9.93. The van der Waals surface area contributed by atoms with Crippen molar-refractivity contribution < 1.29 is 19.1 Å². The van der Waals surface area contributed by atoms with Gasteiger partial charge in [-0.2, -0.15) is 0 Å². The molecule has 0 aliphatic carbocycles. The van der Waals surface area contributed by atoms with E-state index in [1.54, 1.807) is 18.3 Å². The van der Waals surface area contributed by atoms with Crippen molar-refractivity contribution in [3.63, 3.8) is 0 Å². The molecule has 3 rings (SSSR count). The Labute approximate surface area is 181 Å². The van der Waals surface area contributed by atoms with Crippen LogP contribution >= 0.6 is 11.8 Å². The fraction of sp³-hybridized carbons (Fsp3) is 0.571.